The Morgan fingerprint density at radius 2 is 2.13 bits per heavy atom. The predicted octanol–water partition coefficient (Wildman–Crippen LogP) is 3.47. The van der Waals surface area contributed by atoms with Gasteiger partial charge in [-0.05, 0) is 29.1 Å². The Hall–Kier alpha value is -1.29. The van der Waals surface area contributed by atoms with Crippen LogP contribution in [-0.2, 0) is 0 Å². The third-order valence-corrected chi connectivity index (χ3v) is 2.79. The van der Waals surface area contributed by atoms with Gasteiger partial charge in [-0.3, -0.25) is 0 Å². The van der Waals surface area contributed by atoms with Gasteiger partial charge in [0.1, 0.15) is 11.5 Å². The zero-order chi connectivity index (χ0) is 10.8. The van der Waals surface area contributed by atoms with Crippen molar-refractivity contribution in [3.63, 3.8) is 0 Å². The van der Waals surface area contributed by atoms with Gasteiger partial charge < -0.3 is 0 Å². The lowest BCUT2D eigenvalue weighted by Gasteiger charge is -2.08. The van der Waals surface area contributed by atoms with Crippen LogP contribution in [0.15, 0.2) is 23.6 Å². The molecule has 0 bridgehead atoms. The Labute approximate surface area is 91.9 Å². The van der Waals surface area contributed by atoms with Crippen molar-refractivity contribution >= 4 is 11.5 Å². The number of hydrogen-bond donors (Lipinski definition) is 0. The average molecular weight is 222 g/mol. The molecule has 0 spiro atoms. The second-order valence-corrected chi connectivity index (χ2v) is 4.26. The SMILES string of the molecule is CC(C)c1cccc(-c2csnn2)c1F. The second kappa shape index (κ2) is 4.06. The summed E-state index contributed by atoms with van der Waals surface area (Å²) in [6.07, 6.45) is 0. The van der Waals surface area contributed by atoms with Gasteiger partial charge in [0.2, 0.25) is 0 Å². The molecule has 1 aromatic carbocycles. The van der Waals surface area contributed by atoms with Crippen LogP contribution in [0, 0.1) is 5.82 Å². The first-order valence-electron chi connectivity index (χ1n) is 4.76. The molecular formula is C11H11FN2S. The number of aromatic nitrogens is 2. The quantitative estimate of drug-likeness (QED) is 0.777. The predicted molar refractivity (Wildman–Crippen MR) is 59.4 cm³/mol. The normalized spacial score (nSPS) is 10.9. The molecule has 15 heavy (non-hydrogen) atoms. The van der Waals surface area contributed by atoms with Crippen molar-refractivity contribution in [2.24, 2.45) is 0 Å². The molecule has 0 radical (unpaired) electrons. The van der Waals surface area contributed by atoms with Crippen LogP contribution < -0.4 is 0 Å². The summed E-state index contributed by atoms with van der Waals surface area (Å²) in [6.45, 7) is 3.95. The fourth-order valence-corrected chi connectivity index (χ4v) is 1.93. The van der Waals surface area contributed by atoms with Crippen molar-refractivity contribution in [3.05, 3.63) is 35.0 Å². The van der Waals surface area contributed by atoms with Crippen LogP contribution in [0.1, 0.15) is 25.3 Å². The minimum Gasteiger partial charge on any atom is -0.206 e. The number of nitrogens with zero attached hydrogens (tertiary/aromatic N) is 2. The third-order valence-electron chi connectivity index (χ3n) is 2.29. The molecular weight excluding hydrogens is 211 g/mol. The van der Waals surface area contributed by atoms with E-state index < -0.39 is 0 Å². The van der Waals surface area contributed by atoms with Crippen molar-refractivity contribution in [2.75, 3.05) is 0 Å². The molecule has 2 rings (SSSR count). The molecule has 0 atom stereocenters. The molecule has 1 heterocycles. The van der Waals surface area contributed by atoms with E-state index in [1.54, 1.807) is 11.4 Å². The fourth-order valence-electron chi connectivity index (χ4n) is 1.48. The van der Waals surface area contributed by atoms with Crippen LogP contribution in [-0.4, -0.2) is 9.59 Å². The van der Waals surface area contributed by atoms with Gasteiger partial charge in [-0.15, -0.1) is 5.10 Å². The van der Waals surface area contributed by atoms with E-state index in [0.29, 0.717) is 11.3 Å². The summed E-state index contributed by atoms with van der Waals surface area (Å²) in [5.41, 5.74) is 1.87. The van der Waals surface area contributed by atoms with Crippen molar-refractivity contribution in [2.45, 2.75) is 19.8 Å². The maximum Gasteiger partial charge on any atom is 0.136 e. The molecule has 4 heteroatoms. The molecule has 0 amide bonds. The number of rotatable bonds is 2. The summed E-state index contributed by atoms with van der Waals surface area (Å²) in [7, 11) is 0. The summed E-state index contributed by atoms with van der Waals surface area (Å²) in [4.78, 5) is 0. The maximum atomic E-state index is 14.0. The largest absolute Gasteiger partial charge is 0.206 e. The van der Waals surface area contributed by atoms with Crippen molar-refractivity contribution < 1.29 is 4.39 Å². The molecule has 78 valence electrons. The lowest BCUT2D eigenvalue weighted by molar-refractivity contribution is 0.601. The average Bonchev–Trinajstić information content (AvgIpc) is 2.70. The molecule has 0 fully saturated rings. The topological polar surface area (TPSA) is 25.8 Å². The Morgan fingerprint density at radius 1 is 1.33 bits per heavy atom. The first-order valence-corrected chi connectivity index (χ1v) is 5.59. The molecule has 0 unspecified atom stereocenters. The smallest absolute Gasteiger partial charge is 0.136 e. The van der Waals surface area contributed by atoms with Gasteiger partial charge in [0, 0.05) is 10.9 Å². The molecule has 0 saturated heterocycles. The monoisotopic (exact) mass is 222 g/mol. The summed E-state index contributed by atoms with van der Waals surface area (Å²) in [6, 6.07) is 5.40. The Balaban J connectivity index is 2.54. The number of hydrogen-bond acceptors (Lipinski definition) is 3. The molecule has 2 nitrogen and oxygen atoms in total. The molecule has 0 aliphatic heterocycles. The second-order valence-electron chi connectivity index (χ2n) is 3.65. The molecule has 2 aromatic rings. The first kappa shape index (κ1) is 10.2. The molecule has 0 saturated carbocycles. The van der Waals surface area contributed by atoms with Crippen LogP contribution >= 0.6 is 11.5 Å². The van der Waals surface area contributed by atoms with Gasteiger partial charge in [0.05, 0.1) is 0 Å². The number of benzene rings is 1. The Bertz CT molecular complexity index is 452. The highest BCUT2D eigenvalue weighted by Crippen LogP contribution is 2.27. The highest BCUT2D eigenvalue weighted by atomic mass is 32.1. The van der Waals surface area contributed by atoms with Crippen molar-refractivity contribution in [1.82, 2.24) is 9.59 Å². The first-order chi connectivity index (χ1) is 7.20. The summed E-state index contributed by atoms with van der Waals surface area (Å²) in [5, 5.41) is 5.63. The summed E-state index contributed by atoms with van der Waals surface area (Å²) < 4.78 is 17.8. The number of halogens is 1. The van der Waals surface area contributed by atoms with E-state index in [4.69, 9.17) is 0 Å². The zero-order valence-corrected chi connectivity index (χ0v) is 9.38. The molecule has 0 N–H and O–H groups in total. The third kappa shape index (κ3) is 1.90. The highest BCUT2D eigenvalue weighted by Gasteiger charge is 2.13. The molecule has 0 aliphatic carbocycles. The minimum absolute atomic E-state index is 0.177. The van der Waals surface area contributed by atoms with Gasteiger partial charge >= 0.3 is 0 Å². The lowest BCUT2D eigenvalue weighted by Crippen LogP contribution is -1.95. The van der Waals surface area contributed by atoms with Crippen LogP contribution in [0.25, 0.3) is 11.3 Å². The van der Waals surface area contributed by atoms with Gasteiger partial charge in [-0.1, -0.05) is 30.5 Å². The maximum absolute atomic E-state index is 14.0. The standard InChI is InChI=1S/C11H11FN2S/c1-7(2)8-4-3-5-9(11(8)12)10-6-15-14-13-10/h3-7H,1-2H3. The Kier molecular flexibility index (Phi) is 2.77. The van der Waals surface area contributed by atoms with Crippen LogP contribution in [0.3, 0.4) is 0 Å². The van der Waals surface area contributed by atoms with Gasteiger partial charge in [-0.2, -0.15) is 0 Å². The van der Waals surface area contributed by atoms with E-state index in [1.165, 1.54) is 11.5 Å². The highest BCUT2D eigenvalue weighted by molar-refractivity contribution is 7.03. The van der Waals surface area contributed by atoms with E-state index in [0.717, 1.165) is 5.56 Å². The minimum atomic E-state index is -0.180. The molecule has 0 aliphatic rings. The zero-order valence-electron chi connectivity index (χ0n) is 8.57. The van der Waals surface area contributed by atoms with Crippen LogP contribution in [0.2, 0.25) is 0 Å². The van der Waals surface area contributed by atoms with Crippen molar-refractivity contribution in [3.8, 4) is 11.3 Å². The van der Waals surface area contributed by atoms with Gasteiger partial charge in [-0.25, -0.2) is 4.39 Å². The van der Waals surface area contributed by atoms with Crippen LogP contribution in [0.4, 0.5) is 4.39 Å². The lowest BCUT2D eigenvalue weighted by atomic mass is 9.99. The molecule has 1 aromatic heterocycles. The summed E-state index contributed by atoms with van der Waals surface area (Å²) in [5.74, 6) is -0.00301. The van der Waals surface area contributed by atoms with Crippen LogP contribution in [0.5, 0.6) is 0 Å². The Morgan fingerprint density at radius 3 is 2.73 bits per heavy atom. The van der Waals surface area contributed by atoms with E-state index in [1.807, 2.05) is 26.0 Å². The van der Waals surface area contributed by atoms with Gasteiger partial charge in [0.15, 0.2) is 0 Å². The fraction of sp³-hybridized carbons (Fsp3) is 0.273. The van der Waals surface area contributed by atoms with Gasteiger partial charge in [0.25, 0.3) is 0 Å². The van der Waals surface area contributed by atoms with E-state index in [-0.39, 0.29) is 11.7 Å². The van der Waals surface area contributed by atoms with E-state index in [9.17, 15) is 4.39 Å². The van der Waals surface area contributed by atoms with Crippen molar-refractivity contribution in [1.29, 1.82) is 0 Å². The van der Waals surface area contributed by atoms with E-state index in [2.05, 4.69) is 9.59 Å². The summed E-state index contributed by atoms with van der Waals surface area (Å²) >= 11 is 1.23. The van der Waals surface area contributed by atoms with E-state index >= 15 is 0 Å².